The molecule has 1 aliphatic carbocycles. The molecule has 2 aromatic rings. The molecule has 2 N–H and O–H groups in total. The number of benzene rings is 2. The molecular weight excluding hydrogens is 479 g/mol. The Morgan fingerprint density at radius 3 is 2.48 bits per heavy atom. The molecule has 5 nitrogen and oxygen atoms in total. The van der Waals surface area contributed by atoms with Crippen molar-refractivity contribution >= 4 is 52.1 Å². The first-order chi connectivity index (χ1) is 16.0. The van der Waals surface area contributed by atoms with Crippen molar-refractivity contribution in [1.29, 1.82) is 0 Å². The highest BCUT2D eigenvalue weighted by Gasteiger charge is 2.13. The van der Waals surface area contributed by atoms with Crippen LogP contribution < -0.4 is 20.1 Å². The Balaban J connectivity index is 1.30. The molecule has 0 spiro atoms. The normalized spacial score (nSPS) is 13.9. The standard InChI is InChI=1S/C25H30Cl2N2O3S/c26-19-8-13-23(22(27)17-19)32-15-4-7-24(30)29-25(33)28-20-9-11-21(12-10-20)31-16-14-18-5-2-1-3-6-18/h8-13,17-18H,1-7,14-16H2,(H2,28,29,30,33). The lowest BCUT2D eigenvalue weighted by Gasteiger charge is -2.21. The molecule has 8 heteroatoms. The van der Waals surface area contributed by atoms with Crippen molar-refractivity contribution in [3.05, 3.63) is 52.5 Å². The Morgan fingerprint density at radius 2 is 1.76 bits per heavy atom. The number of carbonyl (C=O) groups excluding carboxylic acids is 1. The van der Waals surface area contributed by atoms with E-state index in [9.17, 15) is 4.79 Å². The van der Waals surface area contributed by atoms with Crippen LogP contribution >= 0.6 is 35.4 Å². The minimum Gasteiger partial charge on any atom is -0.494 e. The Morgan fingerprint density at radius 1 is 1.00 bits per heavy atom. The molecular formula is C25H30Cl2N2O3S. The predicted octanol–water partition coefficient (Wildman–Crippen LogP) is 7.01. The number of carbonyl (C=O) groups is 1. The highest BCUT2D eigenvalue weighted by molar-refractivity contribution is 7.80. The molecule has 1 aliphatic rings. The molecule has 0 heterocycles. The van der Waals surface area contributed by atoms with Gasteiger partial charge in [0.25, 0.3) is 0 Å². The fourth-order valence-electron chi connectivity index (χ4n) is 3.81. The van der Waals surface area contributed by atoms with Crippen LogP contribution in [-0.2, 0) is 4.79 Å². The summed E-state index contributed by atoms with van der Waals surface area (Å²) in [5, 5.41) is 6.95. The van der Waals surface area contributed by atoms with Crippen molar-refractivity contribution in [3.63, 3.8) is 0 Å². The van der Waals surface area contributed by atoms with Gasteiger partial charge in [-0.1, -0.05) is 55.3 Å². The van der Waals surface area contributed by atoms with Crippen LogP contribution in [0.3, 0.4) is 0 Å². The average molecular weight is 509 g/mol. The second-order valence-electron chi connectivity index (χ2n) is 8.19. The number of hydrogen-bond acceptors (Lipinski definition) is 4. The Kier molecular flexibility index (Phi) is 10.6. The highest BCUT2D eigenvalue weighted by Crippen LogP contribution is 2.28. The summed E-state index contributed by atoms with van der Waals surface area (Å²) in [5.74, 6) is 2.01. The Labute approximate surface area is 211 Å². The SMILES string of the molecule is O=C(CCCOc1ccc(Cl)cc1Cl)NC(=S)Nc1ccc(OCCC2CCCCC2)cc1. The third-order valence-corrected chi connectivity index (χ3v) is 6.32. The molecule has 1 fully saturated rings. The number of halogens is 2. The van der Waals surface area contributed by atoms with Gasteiger partial charge >= 0.3 is 0 Å². The van der Waals surface area contributed by atoms with Gasteiger partial charge in [-0.15, -0.1) is 0 Å². The maximum Gasteiger partial charge on any atom is 0.226 e. The zero-order chi connectivity index (χ0) is 23.5. The van der Waals surface area contributed by atoms with Gasteiger partial charge in [0.15, 0.2) is 5.11 Å². The van der Waals surface area contributed by atoms with Crippen LogP contribution in [0.4, 0.5) is 5.69 Å². The minimum atomic E-state index is -0.180. The van der Waals surface area contributed by atoms with Crippen molar-refractivity contribution in [2.75, 3.05) is 18.5 Å². The van der Waals surface area contributed by atoms with Gasteiger partial charge in [0.2, 0.25) is 5.91 Å². The molecule has 1 saturated carbocycles. The first-order valence-corrected chi connectivity index (χ1v) is 12.6. The molecule has 0 bridgehead atoms. The van der Waals surface area contributed by atoms with Gasteiger partial charge in [0.1, 0.15) is 11.5 Å². The fourth-order valence-corrected chi connectivity index (χ4v) is 4.51. The average Bonchev–Trinajstić information content (AvgIpc) is 2.80. The molecule has 0 aromatic heterocycles. The lowest BCUT2D eigenvalue weighted by molar-refractivity contribution is -0.119. The van der Waals surface area contributed by atoms with Crippen LogP contribution in [0.15, 0.2) is 42.5 Å². The predicted molar refractivity (Wildman–Crippen MR) is 139 cm³/mol. The zero-order valence-electron chi connectivity index (χ0n) is 18.6. The second kappa shape index (κ2) is 13.6. The van der Waals surface area contributed by atoms with E-state index >= 15 is 0 Å². The summed E-state index contributed by atoms with van der Waals surface area (Å²) >= 11 is 17.2. The van der Waals surface area contributed by atoms with Gasteiger partial charge in [-0.2, -0.15) is 0 Å². The Hall–Kier alpha value is -2.02. The molecule has 3 rings (SSSR count). The van der Waals surface area contributed by atoms with Gasteiger partial charge in [-0.05, 0) is 73.4 Å². The summed E-state index contributed by atoms with van der Waals surface area (Å²) in [7, 11) is 0. The summed E-state index contributed by atoms with van der Waals surface area (Å²) in [6.07, 6.45) is 8.68. The van der Waals surface area contributed by atoms with Gasteiger partial charge < -0.3 is 20.1 Å². The molecule has 33 heavy (non-hydrogen) atoms. The van der Waals surface area contributed by atoms with Crippen LogP contribution in [0.2, 0.25) is 10.0 Å². The number of amides is 1. The zero-order valence-corrected chi connectivity index (χ0v) is 20.9. The van der Waals surface area contributed by atoms with E-state index in [-0.39, 0.29) is 17.4 Å². The quantitative estimate of drug-likeness (QED) is 0.266. The fraction of sp³-hybridized carbons (Fsp3) is 0.440. The molecule has 0 atom stereocenters. The summed E-state index contributed by atoms with van der Waals surface area (Å²) in [5.41, 5.74) is 0.792. The first-order valence-electron chi connectivity index (χ1n) is 11.4. The van der Waals surface area contributed by atoms with E-state index in [1.54, 1.807) is 18.2 Å². The van der Waals surface area contributed by atoms with Crippen LogP contribution in [0.1, 0.15) is 51.4 Å². The van der Waals surface area contributed by atoms with Gasteiger partial charge in [0.05, 0.1) is 18.2 Å². The maximum absolute atomic E-state index is 12.1. The maximum atomic E-state index is 12.1. The van der Waals surface area contributed by atoms with Crippen LogP contribution in [0.25, 0.3) is 0 Å². The lowest BCUT2D eigenvalue weighted by atomic mass is 9.87. The minimum absolute atomic E-state index is 0.180. The van der Waals surface area contributed by atoms with E-state index in [0.717, 1.165) is 30.4 Å². The molecule has 178 valence electrons. The van der Waals surface area contributed by atoms with E-state index in [2.05, 4.69) is 10.6 Å². The molecule has 1 amide bonds. The van der Waals surface area contributed by atoms with E-state index in [1.807, 2.05) is 24.3 Å². The van der Waals surface area contributed by atoms with Crippen LogP contribution in [0, 0.1) is 5.92 Å². The van der Waals surface area contributed by atoms with Crippen LogP contribution in [-0.4, -0.2) is 24.2 Å². The number of hydrogen-bond donors (Lipinski definition) is 2. The molecule has 2 aromatic carbocycles. The lowest BCUT2D eigenvalue weighted by Crippen LogP contribution is -2.34. The van der Waals surface area contributed by atoms with Crippen molar-refractivity contribution in [2.24, 2.45) is 5.92 Å². The molecule has 0 saturated heterocycles. The van der Waals surface area contributed by atoms with Crippen molar-refractivity contribution in [1.82, 2.24) is 5.32 Å². The monoisotopic (exact) mass is 508 g/mol. The third kappa shape index (κ3) is 9.40. The first kappa shape index (κ1) is 25.6. The molecule has 0 radical (unpaired) electrons. The summed E-state index contributed by atoms with van der Waals surface area (Å²) in [6.45, 7) is 1.11. The summed E-state index contributed by atoms with van der Waals surface area (Å²) in [6, 6.07) is 12.6. The van der Waals surface area contributed by atoms with E-state index in [0.29, 0.717) is 28.8 Å². The van der Waals surface area contributed by atoms with E-state index in [4.69, 9.17) is 44.9 Å². The third-order valence-electron chi connectivity index (χ3n) is 5.58. The highest BCUT2D eigenvalue weighted by atomic mass is 35.5. The summed E-state index contributed by atoms with van der Waals surface area (Å²) < 4.78 is 11.5. The topological polar surface area (TPSA) is 59.6 Å². The van der Waals surface area contributed by atoms with E-state index in [1.165, 1.54) is 32.1 Å². The van der Waals surface area contributed by atoms with Crippen LogP contribution in [0.5, 0.6) is 11.5 Å². The van der Waals surface area contributed by atoms with Gasteiger partial charge in [-0.3, -0.25) is 4.79 Å². The van der Waals surface area contributed by atoms with Gasteiger partial charge in [-0.25, -0.2) is 0 Å². The molecule has 0 unspecified atom stereocenters. The van der Waals surface area contributed by atoms with Crippen molar-refractivity contribution in [3.8, 4) is 11.5 Å². The number of anilines is 1. The number of nitrogens with one attached hydrogen (secondary N) is 2. The van der Waals surface area contributed by atoms with E-state index < -0.39 is 0 Å². The van der Waals surface area contributed by atoms with Crippen molar-refractivity contribution in [2.45, 2.75) is 51.4 Å². The number of thiocarbonyl (C=S) groups is 1. The summed E-state index contributed by atoms with van der Waals surface area (Å²) in [4.78, 5) is 12.1. The Bertz CT molecular complexity index is 918. The van der Waals surface area contributed by atoms with Gasteiger partial charge in [0, 0.05) is 17.1 Å². The molecule has 0 aliphatic heterocycles. The number of rotatable bonds is 10. The smallest absolute Gasteiger partial charge is 0.226 e. The van der Waals surface area contributed by atoms with Crippen molar-refractivity contribution < 1.29 is 14.3 Å². The number of ether oxygens (including phenoxy) is 2. The second-order valence-corrected chi connectivity index (χ2v) is 9.45. The largest absolute Gasteiger partial charge is 0.494 e.